The number of nitrogens with one attached hydrogen (secondary N) is 1. The monoisotopic (exact) mass is 469 g/mol. The predicted molar refractivity (Wildman–Crippen MR) is 112 cm³/mol. The number of carbonyl (C=O) groups is 1. The molecule has 0 saturated heterocycles. The zero-order chi connectivity index (χ0) is 21.7. The Kier molecular flexibility index (Phi) is 6.99. The van der Waals surface area contributed by atoms with Crippen LogP contribution in [0, 0.1) is 0 Å². The Morgan fingerprint density at radius 1 is 1.23 bits per heavy atom. The summed E-state index contributed by atoms with van der Waals surface area (Å²) in [6.45, 7) is -0.607. The number of hydrogen-bond donors (Lipinski definition) is 1. The highest BCUT2D eigenvalue weighted by atomic mass is 35.5. The van der Waals surface area contributed by atoms with Crippen molar-refractivity contribution in [2.45, 2.75) is 11.4 Å². The van der Waals surface area contributed by atoms with Crippen LogP contribution in [0.2, 0.25) is 10.2 Å². The van der Waals surface area contributed by atoms with Crippen molar-refractivity contribution in [1.29, 1.82) is 0 Å². The minimum Gasteiger partial charge on any atom is -0.495 e. The summed E-state index contributed by atoms with van der Waals surface area (Å²) in [4.78, 5) is 16.3. The van der Waals surface area contributed by atoms with E-state index in [9.17, 15) is 13.2 Å². The highest BCUT2D eigenvalue weighted by Gasteiger charge is 2.28. The first-order chi connectivity index (χ1) is 14.3. The third-order valence-corrected chi connectivity index (χ3v) is 6.30. The summed E-state index contributed by atoms with van der Waals surface area (Å²) in [5.74, 6) is 0.265. The highest BCUT2D eigenvalue weighted by Crippen LogP contribution is 2.27. The van der Waals surface area contributed by atoms with Crippen molar-refractivity contribution in [3.63, 3.8) is 0 Å². The first kappa shape index (κ1) is 22.1. The molecule has 0 saturated carbocycles. The first-order valence-corrected chi connectivity index (χ1v) is 10.8. The van der Waals surface area contributed by atoms with Gasteiger partial charge in [-0.15, -0.1) is 0 Å². The van der Waals surface area contributed by atoms with E-state index in [2.05, 4.69) is 10.3 Å². The number of carbonyl (C=O) groups excluding carboxylic acids is 1. The Bertz CT molecular complexity index is 1120. The molecular weight excluding hydrogens is 453 g/mol. The summed E-state index contributed by atoms with van der Waals surface area (Å²) in [6, 6.07) is 10.6. The summed E-state index contributed by atoms with van der Waals surface area (Å²) in [5.41, 5.74) is 0.398. The number of pyridine rings is 1. The second-order valence-corrected chi connectivity index (χ2v) is 8.80. The Balaban J connectivity index is 1.82. The van der Waals surface area contributed by atoms with Crippen LogP contribution in [0.15, 0.2) is 64.2 Å². The predicted octanol–water partition coefficient (Wildman–Crippen LogP) is 3.82. The lowest BCUT2D eigenvalue weighted by Gasteiger charge is -2.21. The van der Waals surface area contributed by atoms with E-state index in [0.29, 0.717) is 22.2 Å². The normalized spacial score (nSPS) is 11.5. The molecule has 0 aliphatic rings. The number of methoxy groups -OCH3 is 1. The molecular formula is C19H17Cl2N3O5S. The molecule has 30 heavy (non-hydrogen) atoms. The van der Waals surface area contributed by atoms with Crippen LogP contribution < -0.4 is 10.1 Å². The van der Waals surface area contributed by atoms with Gasteiger partial charge in [-0.25, -0.2) is 13.4 Å². The van der Waals surface area contributed by atoms with Gasteiger partial charge in [-0.2, -0.15) is 4.31 Å². The average molecular weight is 470 g/mol. The molecule has 1 amide bonds. The maximum atomic E-state index is 13.1. The third-order valence-electron chi connectivity index (χ3n) is 4.01. The zero-order valence-corrected chi connectivity index (χ0v) is 18.0. The smallest absolute Gasteiger partial charge is 0.245 e. The second kappa shape index (κ2) is 9.48. The third kappa shape index (κ3) is 5.31. The topological polar surface area (TPSA) is 102 Å². The fourth-order valence-electron chi connectivity index (χ4n) is 2.57. The molecule has 0 fully saturated rings. The molecule has 8 nitrogen and oxygen atoms in total. The number of amides is 1. The van der Waals surface area contributed by atoms with Crippen LogP contribution in [-0.2, 0) is 21.4 Å². The number of nitrogens with zero attached hydrogens (tertiary/aromatic N) is 2. The summed E-state index contributed by atoms with van der Waals surface area (Å²) < 4.78 is 37.5. The Morgan fingerprint density at radius 3 is 2.63 bits per heavy atom. The van der Waals surface area contributed by atoms with Crippen LogP contribution in [0.3, 0.4) is 0 Å². The molecule has 0 spiro atoms. The molecule has 0 aliphatic heterocycles. The number of sulfonamides is 1. The Labute approximate surface area is 183 Å². The molecule has 1 N–H and O–H groups in total. The van der Waals surface area contributed by atoms with Crippen LogP contribution in [0.5, 0.6) is 5.75 Å². The van der Waals surface area contributed by atoms with E-state index >= 15 is 0 Å². The number of aromatic nitrogens is 1. The van der Waals surface area contributed by atoms with E-state index < -0.39 is 22.5 Å². The van der Waals surface area contributed by atoms with Crippen molar-refractivity contribution >= 4 is 44.8 Å². The number of ether oxygens (including phenoxy) is 1. The summed E-state index contributed by atoms with van der Waals surface area (Å²) >= 11 is 11.8. The van der Waals surface area contributed by atoms with Crippen molar-refractivity contribution in [2.24, 2.45) is 0 Å². The molecule has 3 aromatic rings. The first-order valence-electron chi connectivity index (χ1n) is 8.57. The van der Waals surface area contributed by atoms with Gasteiger partial charge in [-0.3, -0.25) is 4.79 Å². The van der Waals surface area contributed by atoms with Crippen molar-refractivity contribution in [1.82, 2.24) is 9.29 Å². The highest BCUT2D eigenvalue weighted by molar-refractivity contribution is 7.89. The second-order valence-electron chi connectivity index (χ2n) is 6.07. The Hall–Kier alpha value is -2.59. The van der Waals surface area contributed by atoms with Gasteiger partial charge >= 0.3 is 0 Å². The molecule has 1 aromatic carbocycles. The largest absolute Gasteiger partial charge is 0.495 e. The van der Waals surface area contributed by atoms with E-state index in [1.165, 1.54) is 31.6 Å². The molecule has 3 rings (SSSR count). The fourth-order valence-corrected chi connectivity index (χ4v) is 4.25. The van der Waals surface area contributed by atoms with E-state index in [0.717, 1.165) is 10.5 Å². The average Bonchev–Trinajstić information content (AvgIpc) is 3.21. The van der Waals surface area contributed by atoms with Gasteiger partial charge in [0.15, 0.2) is 0 Å². The van der Waals surface area contributed by atoms with Crippen LogP contribution in [-0.4, -0.2) is 37.3 Å². The lowest BCUT2D eigenvalue weighted by Crippen LogP contribution is -2.37. The SMILES string of the molecule is COc1ccc(NC(=O)CN(Cc2ccco2)S(=O)(=O)c2ccc(Cl)nc2)cc1Cl. The number of furan rings is 1. The quantitative estimate of drug-likeness (QED) is 0.503. The van der Waals surface area contributed by atoms with E-state index in [1.807, 2.05) is 0 Å². The van der Waals surface area contributed by atoms with Gasteiger partial charge in [-0.1, -0.05) is 23.2 Å². The summed E-state index contributed by atoms with van der Waals surface area (Å²) in [7, 11) is -2.58. The van der Waals surface area contributed by atoms with Gasteiger partial charge in [0.25, 0.3) is 0 Å². The standard InChI is InChI=1S/C19H17Cl2N3O5S/c1-28-17-6-4-13(9-16(17)20)23-19(25)12-24(11-14-3-2-8-29-14)30(26,27)15-5-7-18(21)22-10-15/h2-10H,11-12H2,1H3,(H,23,25). The lowest BCUT2D eigenvalue weighted by molar-refractivity contribution is -0.116. The molecule has 0 atom stereocenters. The minimum atomic E-state index is -4.05. The van der Waals surface area contributed by atoms with Crippen molar-refractivity contribution in [3.8, 4) is 5.75 Å². The number of rotatable bonds is 8. The number of halogens is 2. The molecule has 11 heteroatoms. The summed E-state index contributed by atoms with van der Waals surface area (Å²) in [5, 5.41) is 3.09. The van der Waals surface area contributed by atoms with E-state index in [1.54, 1.807) is 24.3 Å². The molecule has 0 radical (unpaired) electrons. The molecule has 0 unspecified atom stereocenters. The number of hydrogen-bond acceptors (Lipinski definition) is 6. The number of benzene rings is 1. The van der Waals surface area contributed by atoms with Gasteiger partial charge in [0.05, 0.1) is 31.5 Å². The maximum Gasteiger partial charge on any atom is 0.245 e. The van der Waals surface area contributed by atoms with E-state index in [-0.39, 0.29) is 16.6 Å². The van der Waals surface area contributed by atoms with Crippen LogP contribution >= 0.6 is 23.2 Å². The van der Waals surface area contributed by atoms with Crippen molar-refractivity contribution in [2.75, 3.05) is 19.0 Å². The van der Waals surface area contributed by atoms with Gasteiger partial charge in [0.1, 0.15) is 21.6 Å². The van der Waals surface area contributed by atoms with Gasteiger partial charge < -0.3 is 14.5 Å². The zero-order valence-electron chi connectivity index (χ0n) is 15.7. The molecule has 158 valence electrons. The minimum absolute atomic E-state index is 0.0984. The van der Waals surface area contributed by atoms with Gasteiger partial charge in [0.2, 0.25) is 15.9 Å². The molecule has 2 aromatic heterocycles. The van der Waals surface area contributed by atoms with Crippen LogP contribution in [0.1, 0.15) is 5.76 Å². The molecule has 0 aliphatic carbocycles. The van der Waals surface area contributed by atoms with Gasteiger partial charge in [-0.05, 0) is 42.5 Å². The molecule has 2 heterocycles. The van der Waals surface area contributed by atoms with Crippen LogP contribution in [0.4, 0.5) is 5.69 Å². The lowest BCUT2D eigenvalue weighted by atomic mass is 10.3. The van der Waals surface area contributed by atoms with Crippen molar-refractivity contribution in [3.05, 3.63) is 70.9 Å². The van der Waals surface area contributed by atoms with Crippen molar-refractivity contribution < 1.29 is 22.4 Å². The maximum absolute atomic E-state index is 13.1. The number of anilines is 1. The molecule has 0 bridgehead atoms. The van der Waals surface area contributed by atoms with Crippen LogP contribution in [0.25, 0.3) is 0 Å². The summed E-state index contributed by atoms with van der Waals surface area (Å²) in [6.07, 6.45) is 2.55. The van der Waals surface area contributed by atoms with Gasteiger partial charge in [0, 0.05) is 11.9 Å². The van der Waals surface area contributed by atoms with E-state index in [4.69, 9.17) is 32.4 Å². The Morgan fingerprint density at radius 2 is 2.03 bits per heavy atom. The fraction of sp³-hybridized carbons (Fsp3) is 0.158.